The van der Waals surface area contributed by atoms with Crippen molar-refractivity contribution in [2.24, 2.45) is 0 Å². The van der Waals surface area contributed by atoms with Gasteiger partial charge in [-0.2, -0.15) is 0 Å². The molecule has 0 unspecified atom stereocenters. The Labute approximate surface area is 82.1 Å². The van der Waals surface area contributed by atoms with E-state index in [-0.39, 0.29) is 18.1 Å². The van der Waals surface area contributed by atoms with Gasteiger partial charge in [0.25, 0.3) is 5.56 Å². The van der Waals surface area contributed by atoms with Gasteiger partial charge in [-0.3, -0.25) is 9.59 Å². The Morgan fingerprint density at radius 2 is 2.29 bits per heavy atom. The minimum Gasteiger partial charge on any atom is -0.464 e. The molecule has 0 amide bonds. The van der Waals surface area contributed by atoms with Crippen LogP contribution in [0.3, 0.4) is 0 Å². The van der Waals surface area contributed by atoms with Crippen LogP contribution in [0, 0.1) is 0 Å². The Morgan fingerprint density at radius 3 is 2.93 bits per heavy atom. The average Bonchev–Trinajstić information content (AvgIpc) is 2.18. The van der Waals surface area contributed by atoms with E-state index in [4.69, 9.17) is 4.74 Å². The van der Waals surface area contributed by atoms with Crippen LogP contribution < -0.4 is 5.56 Å². The molecule has 0 radical (unpaired) electrons. The summed E-state index contributed by atoms with van der Waals surface area (Å²) < 4.78 is 6.17. The van der Waals surface area contributed by atoms with Crippen molar-refractivity contribution < 1.29 is 9.53 Å². The number of pyridine rings is 1. The van der Waals surface area contributed by atoms with Crippen molar-refractivity contribution in [1.29, 1.82) is 0 Å². The van der Waals surface area contributed by atoms with Gasteiger partial charge in [-0.05, 0) is 12.5 Å². The van der Waals surface area contributed by atoms with Crippen LogP contribution in [0.1, 0.15) is 13.3 Å². The number of hydrogen-bond donors (Lipinski definition) is 0. The zero-order valence-corrected chi connectivity index (χ0v) is 8.10. The number of nitrogens with zero attached hydrogens (tertiary/aromatic N) is 1. The highest BCUT2D eigenvalue weighted by Gasteiger charge is 2.03. The van der Waals surface area contributed by atoms with Crippen LogP contribution in [0.15, 0.2) is 29.2 Å². The van der Waals surface area contributed by atoms with E-state index in [9.17, 15) is 9.59 Å². The van der Waals surface area contributed by atoms with Crippen LogP contribution in [0.25, 0.3) is 0 Å². The lowest BCUT2D eigenvalue weighted by Gasteiger charge is -2.04. The first-order valence-corrected chi connectivity index (χ1v) is 4.55. The third-order valence-electron chi connectivity index (χ3n) is 1.67. The highest BCUT2D eigenvalue weighted by atomic mass is 16.5. The second kappa shape index (κ2) is 5.21. The largest absolute Gasteiger partial charge is 0.464 e. The summed E-state index contributed by atoms with van der Waals surface area (Å²) in [6, 6.07) is 4.75. The highest BCUT2D eigenvalue weighted by Crippen LogP contribution is 1.87. The van der Waals surface area contributed by atoms with Gasteiger partial charge in [-0.1, -0.05) is 13.0 Å². The minimum atomic E-state index is -0.375. The highest BCUT2D eigenvalue weighted by molar-refractivity contribution is 5.69. The van der Waals surface area contributed by atoms with Crippen LogP contribution in [-0.4, -0.2) is 17.1 Å². The molecule has 0 bridgehead atoms. The number of carbonyl (C=O) groups excluding carboxylic acids is 1. The van der Waals surface area contributed by atoms with Crippen molar-refractivity contribution in [1.82, 2.24) is 4.57 Å². The maximum Gasteiger partial charge on any atom is 0.326 e. The lowest BCUT2D eigenvalue weighted by atomic mass is 10.4. The molecule has 1 heterocycles. The lowest BCUT2D eigenvalue weighted by Crippen LogP contribution is -2.23. The topological polar surface area (TPSA) is 48.3 Å². The molecule has 0 atom stereocenters. The zero-order valence-electron chi connectivity index (χ0n) is 8.10. The summed E-state index contributed by atoms with van der Waals surface area (Å²) in [5.74, 6) is -0.375. The molecule has 0 aromatic carbocycles. The predicted octanol–water partition coefficient (Wildman–Crippen LogP) is 0.801. The second-order valence-electron chi connectivity index (χ2n) is 2.89. The summed E-state index contributed by atoms with van der Waals surface area (Å²) >= 11 is 0. The summed E-state index contributed by atoms with van der Waals surface area (Å²) in [6.07, 6.45) is 2.35. The Balaban J connectivity index is 2.56. The molecule has 0 fully saturated rings. The molecule has 0 saturated carbocycles. The van der Waals surface area contributed by atoms with Gasteiger partial charge < -0.3 is 9.30 Å². The number of ether oxygens (including phenoxy) is 1. The number of aromatic nitrogens is 1. The standard InChI is InChI=1S/C10H13NO3/c1-2-7-14-10(13)8-11-6-4-3-5-9(11)12/h3-6H,2,7-8H2,1H3. The number of esters is 1. The van der Waals surface area contributed by atoms with Gasteiger partial charge in [0.05, 0.1) is 6.61 Å². The van der Waals surface area contributed by atoms with E-state index in [0.29, 0.717) is 6.61 Å². The molecule has 0 saturated heterocycles. The van der Waals surface area contributed by atoms with Crippen molar-refractivity contribution in [3.05, 3.63) is 34.7 Å². The van der Waals surface area contributed by atoms with Gasteiger partial charge in [-0.25, -0.2) is 0 Å². The average molecular weight is 195 g/mol. The first-order chi connectivity index (χ1) is 6.74. The Morgan fingerprint density at radius 1 is 1.50 bits per heavy atom. The molecule has 0 N–H and O–H groups in total. The van der Waals surface area contributed by atoms with E-state index in [0.717, 1.165) is 6.42 Å². The van der Waals surface area contributed by atoms with Gasteiger partial charge in [0, 0.05) is 12.3 Å². The fraction of sp³-hybridized carbons (Fsp3) is 0.400. The molecule has 0 spiro atoms. The third kappa shape index (κ3) is 3.05. The van der Waals surface area contributed by atoms with Gasteiger partial charge in [0.15, 0.2) is 0 Å². The van der Waals surface area contributed by atoms with E-state index in [1.807, 2.05) is 6.92 Å². The molecule has 76 valence electrons. The summed E-state index contributed by atoms with van der Waals surface area (Å²) in [5.41, 5.74) is -0.194. The monoisotopic (exact) mass is 195 g/mol. The fourth-order valence-electron chi connectivity index (χ4n) is 0.992. The van der Waals surface area contributed by atoms with Gasteiger partial charge in [0.2, 0.25) is 0 Å². The minimum absolute atomic E-state index is 0.0142. The van der Waals surface area contributed by atoms with E-state index in [2.05, 4.69) is 0 Å². The maximum atomic E-state index is 11.2. The molecule has 0 aliphatic rings. The Kier molecular flexibility index (Phi) is 3.91. The molecule has 4 nitrogen and oxygen atoms in total. The SMILES string of the molecule is CCCOC(=O)Cn1ccccc1=O. The second-order valence-corrected chi connectivity index (χ2v) is 2.89. The van der Waals surface area contributed by atoms with Gasteiger partial charge >= 0.3 is 5.97 Å². The quantitative estimate of drug-likeness (QED) is 0.668. The molecule has 1 rings (SSSR count). The summed E-state index contributed by atoms with van der Waals surface area (Å²) in [4.78, 5) is 22.3. The molecule has 1 aromatic heterocycles. The van der Waals surface area contributed by atoms with Crippen LogP contribution in [0.2, 0.25) is 0 Å². The number of carbonyl (C=O) groups is 1. The summed E-state index contributed by atoms with van der Waals surface area (Å²) in [6.45, 7) is 2.31. The molecule has 1 aromatic rings. The third-order valence-corrected chi connectivity index (χ3v) is 1.67. The first-order valence-electron chi connectivity index (χ1n) is 4.55. The molecular formula is C10H13NO3. The van der Waals surface area contributed by atoms with Crippen molar-refractivity contribution in [3.63, 3.8) is 0 Å². The van der Waals surface area contributed by atoms with Crippen LogP contribution >= 0.6 is 0 Å². The molecule has 4 heteroatoms. The number of hydrogen-bond acceptors (Lipinski definition) is 3. The van der Waals surface area contributed by atoms with Crippen molar-refractivity contribution in [2.45, 2.75) is 19.9 Å². The van der Waals surface area contributed by atoms with Gasteiger partial charge in [0.1, 0.15) is 6.54 Å². The van der Waals surface area contributed by atoms with Crippen molar-refractivity contribution in [2.75, 3.05) is 6.61 Å². The first kappa shape index (κ1) is 10.5. The summed E-state index contributed by atoms with van der Waals surface area (Å²) in [7, 11) is 0. The molecule has 0 aliphatic carbocycles. The Hall–Kier alpha value is -1.58. The molecule has 14 heavy (non-hydrogen) atoms. The van der Waals surface area contributed by atoms with E-state index in [1.54, 1.807) is 18.3 Å². The van der Waals surface area contributed by atoms with E-state index >= 15 is 0 Å². The van der Waals surface area contributed by atoms with Gasteiger partial charge in [-0.15, -0.1) is 0 Å². The van der Waals surface area contributed by atoms with E-state index in [1.165, 1.54) is 10.6 Å². The van der Waals surface area contributed by atoms with Crippen molar-refractivity contribution in [3.8, 4) is 0 Å². The maximum absolute atomic E-state index is 11.2. The normalized spacial score (nSPS) is 9.79. The summed E-state index contributed by atoms with van der Waals surface area (Å²) in [5, 5.41) is 0. The zero-order chi connectivity index (χ0) is 10.4. The Bertz CT molecular complexity index is 356. The fourth-order valence-corrected chi connectivity index (χ4v) is 0.992. The lowest BCUT2D eigenvalue weighted by molar-refractivity contribution is -0.144. The smallest absolute Gasteiger partial charge is 0.326 e. The predicted molar refractivity (Wildman–Crippen MR) is 52.0 cm³/mol. The van der Waals surface area contributed by atoms with Crippen LogP contribution in [0.4, 0.5) is 0 Å². The van der Waals surface area contributed by atoms with Crippen LogP contribution in [-0.2, 0) is 16.1 Å². The van der Waals surface area contributed by atoms with Crippen molar-refractivity contribution >= 4 is 5.97 Å². The van der Waals surface area contributed by atoms with Crippen LogP contribution in [0.5, 0.6) is 0 Å². The molecular weight excluding hydrogens is 182 g/mol. The van der Waals surface area contributed by atoms with E-state index < -0.39 is 0 Å². The molecule has 0 aliphatic heterocycles. The number of rotatable bonds is 4.